The molecule has 2 aliphatic heterocycles. The molecule has 2 aromatic carbocycles. The summed E-state index contributed by atoms with van der Waals surface area (Å²) in [5.41, 5.74) is 0.726. The number of β-amino-alcohol motifs (C(OH)–C–C–N with tert-alkyl or cyclic N) is 1. The second kappa shape index (κ2) is 8.84. The number of aliphatic hydroxyl groups is 1. The smallest absolute Gasteiger partial charge is 0.341 e. The number of furan rings is 1. The number of carboxylic acids is 1. The summed E-state index contributed by atoms with van der Waals surface area (Å²) in [5.74, 6) is -1.42. The van der Waals surface area contributed by atoms with Crippen LogP contribution < -0.4 is 9.46 Å². The summed E-state index contributed by atoms with van der Waals surface area (Å²) >= 11 is 0. The van der Waals surface area contributed by atoms with Gasteiger partial charge in [-0.25, -0.2) is 17.6 Å². The molecule has 35 heavy (non-hydrogen) atoms. The number of rotatable bonds is 7. The zero-order valence-electron chi connectivity index (χ0n) is 18.3. The van der Waals surface area contributed by atoms with E-state index in [0.717, 1.165) is 18.2 Å². The summed E-state index contributed by atoms with van der Waals surface area (Å²) in [6.45, 7) is 1.49. The van der Waals surface area contributed by atoms with Crippen molar-refractivity contribution >= 4 is 27.8 Å². The number of carbonyl (C=O) groups is 1. The number of carboxylic acid groups (broad SMARTS) is 1. The van der Waals surface area contributed by atoms with Crippen molar-refractivity contribution in [1.82, 2.24) is 4.90 Å². The molecule has 0 aliphatic carbocycles. The second-order valence-corrected chi connectivity index (χ2v) is 9.93. The molecule has 182 valence electrons. The number of hydrogen-bond donors (Lipinski definition) is 3. The summed E-state index contributed by atoms with van der Waals surface area (Å²) < 4.78 is 53.8. The van der Waals surface area contributed by atoms with Gasteiger partial charge in [-0.3, -0.25) is 9.62 Å². The van der Waals surface area contributed by atoms with Crippen molar-refractivity contribution in [3.8, 4) is 16.9 Å². The van der Waals surface area contributed by atoms with Gasteiger partial charge in [0.15, 0.2) is 0 Å². The molecule has 0 saturated carbocycles. The summed E-state index contributed by atoms with van der Waals surface area (Å²) in [6, 6.07) is 7.82. The van der Waals surface area contributed by atoms with Gasteiger partial charge in [-0.05, 0) is 42.0 Å². The molecule has 3 heterocycles. The molecular formula is C24H21FN2O7S. The Labute approximate surface area is 200 Å². The van der Waals surface area contributed by atoms with Crippen molar-refractivity contribution in [2.24, 2.45) is 0 Å². The maximum Gasteiger partial charge on any atom is 0.341 e. The summed E-state index contributed by atoms with van der Waals surface area (Å²) in [5, 5.41) is 19.2. The molecule has 1 fully saturated rings. The molecule has 5 rings (SSSR count). The largest absolute Gasteiger partial charge is 0.484 e. The van der Waals surface area contributed by atoms with Gasteiger partial charge in [-0.15, -0.1) is 0 Å². The van der Waals surface area contributed by atoms with Crippen molar-refractivity contribution in [3.63, 3.8) is 0 Å². The van der Waals surface area contributed by atoms with Gasteiger partial charge < -0.3 is 19.4 Å². The van der Waals surface area contributed by atoms with E-state index in [-0.39, 0.29) is 40.2 Å². The number of hydrogen-bond acceptors (Lipinski definition) is 7. The predicted molar refractivity (Wildman–Crippen MR) is 124 cm³/mol. The molecule has 0 amide bonds. The van der Waals surface area contributed by atoms with Crippen molar-refractivity contribution in [2.45, 2.75) is 17.6 Å². The molecule has 9 nitrogen and oxygen atoms in total. The Bertz CT molecular complexity index is 1440. The molecule has 0 spiro atoms. The third-order valence-corrected chi connectivity index (χ3v) is 7.30. The molecule has 0 unspecified atom stereocenters. The number of halogens is 1. The first-order valence-corrected chi connectivity index (χ1v) is 12.2. The fourth-order valence-corrected chi connectivity index (χ4v) is 5.44. The van der Waals surface area contributed by atoms with E-state index < -0.39 is 21.8 Å². The lowest BCUT2D eigenvalue weighted by Gasteiger charge is -2.34. The lowest BCUT2D eigenvalue weighted by atomic mass is 9.98. The molecule has 2 aliphatic rings. The quantitative estimate of drug-likeness (QED) is 0.451. The minimum Gasteiger partial charge on any atom is -0.484 e. The van der Waals surface area contributed by atoms with Crippen LogP contribution in [0, 0.1) is 5.82 Å². The number of likely N-dealkylation sites (tertiary alicyclic amines) is 1. The number of nitrogens with zero attached hydrogens (tertiary/aromatic N) is 1. The second-order valence-electron chi connectivity index (χ2n) is 8.28. The number of anilines is 1. The van der Waals surface area contributed by atoms with Crippen molar-refractivity contribution in [3.05, 3.63) is 71.4 Å². The number of ether oxygens (including phenoxy) is 1. The van der Waals surface area contributed by atoms with Gasteiger partial charge >= 0.3 is 5.97 Å². The average Bonchev–Trinajstić information content (AvgIpc) is 3.26. The Morgan fingerprint density at radius 1 is 1.20 bits per heavy atom. The highest BCUT2D eigenvalue weighted by Gasteiger charge is 2.30. The summed E-state index contributed by atoms with van der Waals surface area (Å²) in [7, 11) is -4.30. The molecule has 0 bridgehead atoms. The number of nitrogens with one attached hydrogen (secondary N) is 1. The molecular weight excluding hydrogens is 479 g/mol. The van der Waals surface area contributed by atoms with E-state index in [0.29, 0.717) is 36.5 Å². The van der Waals surface area contributed by atoms with E-state index in [1.54, 1.807) is 18.2 Å². The van der Waals surface area contributed by atoms with Crippen LogP contribution >= 0.6 is 0 Å². The molecule has 1 saturated heterocycles. The van der Waals surface area contributed by atoms with Crippen LogP contribution in [0.3, 0.4) is 0 Å². The first kappa shape index (κ1) is 23.1. The zero-order valence-corrected chi connectivity index (χ0v) is 19.1. The highest BCUT2D eigenvalue weighted by atomic mass is 32.2. The van der Waals surface area contributed by atoms with Crippen LogP contribution in [-0.4, -0.2) is 55.2 Å². The minimum atomic E-state index is -4.30. The Morgan fingerprint density at radius 2 is 2.00 bits per heavy atom. The highest BCUT2D eigenvalue weighted by Crippen LogP contribution is 2.43. The monoisotopic (exact) mass is 500 g/mol. The van der Waals surface area contributed by atoms with Crippen LogP contribution in [0.4, 0.5) is 10.1 Å². The normalized spacial score (nSPS) is 15.8. The van der Waals surface area contributed by atoms with Crippen LogP contribution in [0.1, 0.15) is 21.7 Å². The van der Waals surface area contributed by atoms with E-state index in [1.165, 1.54) is 18.4 Å². The van der Waals surface area contributed by atoms with E-state index in [1.807, 2.05) is 4.90 Å². The van der Waals surface area contributed by atoms with E-state index in [9.17, 15) is 27.8 Å². The Balaban J connectivity index is 1.48. The van der Waals surface area contributed by atoms with Gasteiger partial charge in [0.1, 0.15) is 29.5 Å². The van der Waals surface area contributed by atoms with Crippen LogP contribution in [0.25, 0.3) is 17.2 Å². The summed E-state index contributed by atoms with van der Waals surface area (Å²) in [4.78, 5) is 13.8. The minimum absolute atomic E-state index is 0.00671. The number of benzene rings is 2. The first-order chi connectivity index (χ1) is 16.7. The van der Waals surface area contributed by atoms with Crippen LogP contribution in [0.15, 0.2) is 58.1 Å². The number of aliphatic hydroxyl groups excluding tert-OH is 1. The fraction of sp³-hybridized carbons (Fsp3) is 0.208. The maximum absolute atomic E-state index is 13.9. The van der Waals surface area contributed by atoms with Gasteiger partial charge in [0, 0.05) is 30.8 Å². The first-order valence-electron chi connectivity index (χ1n) is 10.7. The maximum atomic E-state index is 13.9. The lowest BCUT2D eigenvalue weighted by molar-refractivity contribution is 0.00991. The molecule has 3 N–H and O–H groups in total. The fourth-order valence-electron chi connectivity index (χ4n) is 4.19. The van der Waals surface area contributed by atoms with Gasteiger partial charge in [0.2, 0.25) is 0 Å². The molecule has 3 aromatic rings. The Morgan fingerprint density at radius 3 is 2.74 bits per heavy atom. The highest BCUT2D eigenvalue weighted by molar-refractivity contribution is 7.92. The SMILES string of the molecule is O=C(O)c1c(NS(=O)(=O)c2ccc(F)cc2C=CCN2CC(O)C2)ccc2c1OCc1occc1-2. The standard InChI is InChI=1S/C24H21FN2O7S/c25-15-3-6-21(14(10-15)2-1-8-27-11-16(28)12-27)35(31,32)26-19-5-4-18-17-7-9-33-20(17)13-34-23(18)22(19)24(29)30/h1-7,9-10,16,26,28H,8,11-13H2,(H,29,30). The lowest BCUT2D eigenvalue weighted by Crippen LogP contribution is -2.50. The third-order valence-electron chi connectivity index (χ3n) is 5.86. The number of sulfonamides is 1. The van der Waals surface area contributed by atoms with Crippen LogP contribution in [0.2, 0.25) is 0 Å². The van der Waals surface area contributed by atoms with Crippen molar-refractivity contribution in [2.75, 3.05) is 24.4 Å². The average molecular weight is 501 g/mol. The van der Waals surface area contributed by atoms with Crippen molar-refractivity contribution in [1.29, 1.82) is 0 Å². The van der Waals surface area contributed by atoms with Gasteiger partial charge in [0.25, 0.3) is 10.0 Å². The zero-order chi connectivity index (χ0) is 24.7. The number of aromatic carboxylic acids is 1. The molecule has 11 heteroatoms. The van der Waals surface area contributed by atoms with Gasteiger partial charge in [-0.1, -0.05) is 12.2 Å². The van der Waals surface area contributed by atoms with E-state index >= 15 is 0 Å². The Hall–Kier alpha value is -3.67. The van der Waals surface area contributed by atoms with E-state index in [4.69, 9.17) is 9.15 Å². The van der Waals surface area contributed by atoms with Crippen LogP contribution in [-0.2, 0) is 16.6 Å². The molecule has 1 aromatic heterocycles. The van der Waals surface area contributed by atoms with Crippen molar-refractivity contribution < 1.29 is 37.0 Å². The van der Waals surface area contributed by atoms with Crippen LogP contribution in [0.5, 0.6) is 5.75 Å². The third kappa shape index (κ3) is 4.41. The summed E-state index contributed by atoms with van der Waals surface area (Å²) in [6.07, 6.45) is 4.25. The van der Waals surface area contributed by atoms with Gasteiger partial charge in [-0.2, -0.15) is 0 Å². The predicted octanol–water partition coefficient (Wildman–Crippen LogP) is 3.17. The number of fused-ring (bicyclic) bond motifs is 3. The van der Waals surface area contributed by atoms with Gasteiger partial charge in [0.05, 0.1) is 22.9 Å². The van der Waals surface area contributed by atoms with E-state index in [2.05, 4.69) is 4.72 Å². The topological polar surface area (TPSA) is 129 Å². The molecule has 0 atom stereocenters. The molecule has 0 radical (unpaired) electrons. The Kier molecular flexibility index (Phi) is 5.83.